The van der Waals surface area contributed by atoms with Crippen molar-refractivity contribution in [2.24, 2.45) is 4.99 Å². The third kappa shape index (κ3) is 8.28. The van der Waals surface area contributed by atoms with E-state index >= 15 is 0 Å². The minimum atomic E-state index is -4.94. The Bertz CT molecular complexity index is 1680. The summed E-state index contributed by atoms with van der Waals surface area (Å²) in [4.78, 5) is 7.48. The van der Waals surface area contributed by atoms with Crippen LogP contribution < -0.4 is 24.0 Å². The summed E-state index contributed by atoms with van der Waals surface area (Å²) in [6, 6.07) is 49.7. The van der Waals surface area contributed by atoms with Crippen molar-refractivity contribution >= 4 is 17.0 Å². The zero-order valence-corrected chi connectivity index (χ0v) is 23.7. The smallest absolute Gasteiger partial charge is 0.240 e. The van der Waals surface area contributed by atoms with Gasteiger partial charge in [-0.1, -0.05) is 97.1 Å². The molecule has 0 saturated carbocycles. The molecule has 0 amide bonds. The topological polar surface area (TPSA) is 118 Å². The molecule has 2 heterocycles. The number of hydrogen-bond acceptors (Lipinski definition) is 6. The molecule has 0 aliphatic heterocycles. The maximum absolute atomic E-state index is 8.49. The molecule has 0 saturated heterocycles. The van der Waals surface area contributed by atoms with Crippen molar-refractivity contribution in [2.45, 2.75) is 0 Å². The van der Waals surface area contributed by atoms with E-state index in [9.17, 15) is 0 Å². The van der Waals surface area contributed by atoms with E-state index in [-0.39, 0.29) is 0 Å². The summed E-state index contributed by atoms with van der Waals surface area (Å²) < 4.78 is 40.3. The molecular formula is C34H24ClNO5S. The Morgan fingerprint density at radius 1 is 0.476 bits per heavy atom. The lowest BCUT2D eigenvalue weighted by molar-refractivity contribution is -2.00. The molecule has 0 bridgehead atoms. The van der Waals surface area contributed by atoms with Gasteiger partial charge in [0.15, 0.2) is 0 Å². The average Bonchev–Trinajstić information content (AvgIpc) is 3.02. The fraction of sp³-hybridized carbons (Fsp3) is 0. The average molecular weight is 594 g/mol. The van der Waals surface area contributed by atoms with Crippen LogP contribution in [0.4, 0.5) is 5.69 Å². The van der Waals surface area contributed by atoms with E-state index in [0.717, 1.165) is 33.7 Å². The molecule has 0 fully saturated rings. The molecule has 6 rings (SSSR count). The van der Waals surface area contributed by atoms with Crippen LogP contribution in [0, 0.1) is 10.2 Å². The molecular weight excluding hydrogens is 570 g/mol. The molecule has 0 unspecified atom stereocenters. The van der Waals surface area contributed by atoms with E-state index in [0.29, 0.717) is 0 Å². The lowest BCUT2D eigenvalue weighted by Crippen LogP contribution is -2.68. The quantitative estimate of drug-likeness (QED) is 0.267. The first-order valence-corrected chi connectivity index (χ1v) is 14.9. The molecule has 4 aromatic carbocycles. The van der Waals surface area contributed by atoms with Crippen LogP contribution in [0.15, 0.2) is 155 Å². The molecule has 0 atom stereocenters. The van der Waals surface area contributed by atoms with Crippen molar-refractivity contribution < 1.29 is 33.3 Å². The van der Waals surface area contributed by atoms with Crippen LogP contribution in [-0.4, -0.2) is 0 Å². The minimum absolute atomic E-state index is 0.783. The minimum Gasteiger partial charge on any atom is -0.456 e. The lowest BCUT2D eigenvalue weighted by atomic mass is 10.1. The molecule has 0 radical (unpaired) electrons. The van der Waals surface area contributed by atoms with E-state index in [2.05, 4.69) is 84.9 Å². The molecule has 208 valence electrons. The lowest BCUT2D eigenvalue weighted by Gasteiger charge is -2.17. The fourth-order valence-corrected chi connectivity index (χ4v) is 5.34. The zero-order chi connectivity index (χ0) is 29.4. The van der Waals surface area contributed by atoms with Gasteiger partial charge in [-0.05, 0) is 24.3 Å². The van der Waals surface area contributed by atoms with Gasteiger partial charge in [-0.2, -0.15) is 0 Å². The molecule has 0 spiro atoms. The van der Waals surface area contributed by atoms with Crippen molar-refractivity contribution in [3.05, 3.63) is 151 Å². The first-order chi connectivity index (χ1) is 20.3. The summed E-state index contributed by atoms with van der Waals surface area (Å²) in [6.45, 7) is 0. The largest absolute Gasteiger partial charge is 0.456 e. The highest BCUT2D eigenvalue weighted by atomic mass is 35.7. The van der Waals surface area contributed by atoms with Gasteiger partial charge in [-0.15, -0.1) is 10.2 Å². The summed E-state index contributed by atoms with van der Waals surface area (Å²) in [5, 5.41) is 0.846. The Balaban J connectivity index is 0.000000652. The van der Waals surface area contributed by atoms with Crippen LogP contribution >= 0.6 is 11.3 Å². The molecule has 2 aromatic heterocycles. The number of hydrogen-bond donors (Lipinski definition) is 0. The second kappa shape index (κ2) is 13.5. The molecule has 6 aromatic rings. The predicted octanol–water partition coefficient (Wildman–Crippen LogP) is 4.77. The van der Waals surface area contributed by atoms with Gasteiger partial charge in [-0.3, -0.25) is 0 Å². The van der Waals surface area contributed by atoms with Crippen LogP contribution in [0.1, 0.15) is 0 Å². The highest BCUT2D eigenvalue weighted by molar-refractivity contribution is 7.18. The first kappa shape index (κ1) is 29.0. The third-order valence-corrected chi connectivity index (χ3v) is 7.19. The van der Waals surface area contributed by atoms with Crippen LogP contribution in [-0.2, 0) is 0 Å². The van der Waals surface area contributed by atoms with Gasteiger partial charge >= 0.3 is 0 Å². The highest BCUT2D eigenvalue weighted by Crippen LogP contribution is 2.36. The second-order valence-corrected chi connectivity index (χ2v) is 10.9. The van der Waals surface area contributed by atoms with Gasteiger partial charge in [0.1, 0.15) is 11.5 Å². The Kier molecular flexibility index (Phi) is 9.31. The second-order valence-electron chi connectivity index (χ2n) is 9.04. The Labute approximate surface area is 249 Å². The van der Waals surface area contributed by atoms with Crippen LogP contribution in [0.5, 0.6) is 0 Å². The maximum Gasteiger partial charge on any atom is 0.240 e. The normalized spacial score (nSPS) is 10.9. The molecule has 42 heavy (non-hydrogen) atoms. The van der Waals surface area contributed by atoms with E-state index in [1.54, 1.807) is 11.3 Å². The first-order valence-electron chi connectivity index (χ1n) is 12.8. The Hall–Kier alpha value is -4.47. The summed E-state index contributed by atoms with van der Waals surface area (Å²) in [7, 11) is -4.94. The summed E-state index contributed by atoms with van der Waals surface area (Å²) in [5.41, 5.74) is 5.30. The fourth-order valence-electron chi connectivity index (χ4n) is 4.23. The van der Waals surface area contributed by atoms with Crippen LogP contribution in [0.3, 0.4) is 0 Å². The molecule has 6 nitrogen and oxygen atoms in total. The van der Waals surface area contributed by atoms with Crippen LogP contribution in [0.2, 0.25) is 0 Å². The molecule has 8 heteroatoms. The van der Waals surface area contributed by atoms with Crippen molar-refractivity contribution in [2.75, 3.05) is 0 Å². The van der Waals surface area contributed by atoms with E-state index < -0.39 is 10.2 Å². The van der Waals surface area contributed by atoms with Gasteiger partial charge in [-0.25, -0.2) is 23.6 Å². The molecule has 0 aliphatic carbocycles. The third-order valence-electron chi connectivity index (χ3n) is 6.05. The zero-order valence-electron chi connectivity index (χ0n) is 22.1. The Morgan fingerprint density at radius 2 is 0.810 bits per heavy atom. The summed E-state index contributed by atoms with van der Waals surface area (Å²) >= 11 is 1.77. The number of halogens is 1. The monoisotopic (exact) mass is 593 g/mol. The van der Waals surface area contributed by atoms with E-state index in [1.165, 1.54) is 20.9 Å². The summed E-state index contributed by atoms with van der Waals surface area (Å²) in [5.74, 6) is 1.57. The number of benzene rings is 4. The van der Waals surface area contributed by atoms with Crippen LogP contribution in [0.25, 0.3) is 43.5 Å². The maximum atomic E-state index is 8.49. The Morgan fingerprint density at radius 3 is 1.17 bits per heavy atom. The van der Waals surface area contributed by atoms with Gasteiger partial charge in [0.05, 0.1) is 11.0 Å². The van der Waals surface area contributed by atoms with Crippen molar-refractivity contribution in [3.63, 3.8) is 0 Å². The highest BCUT2D eigenvalue weighted by Gasteiger charge is 2.18. The number of rotatable bonds is 5. The SMILES string of the molecule is [O-][Cl+3]([O-])([O-])[O-].c1ccc(-c2cc(=Nc3cc(-c4ccccc4)[s+]c(-c4ccccc4)c3)cc(-c3ccccc3)o2)cc1. The van der Waals surface area contributed by atoms with Crippen molar-refractivity contribution in [1.29, 1.82) is 0 Å². The van der Waals surface area contributed by atoms with Gasteiger partial charge < -0.3 is 4.42 Å². The number of nitrogens with zero attached hydrogens (tertiary/aromatic N) is 1. The standard InChI is InChI=1S/C34H24NOS.ClHO4/c1-5-13-25(14-6-1)31-21-29(22-32(36-31)26-15-7-2-8-16-26)35-30-23-33(27-17-9-3-10-18-27)37-34(24-30)28-19-11-4-12-20-28;2-1(3,4)5/h1-24H;(H,2,3,4,5)/q+1;/p-1. The van der Waals surface area contributed by atoms with E-state index in [1.807, 2.05) is 60.7 Å². The summed E-state index contributed by atoms with van der Waals surface area (Å²) in [6.07, 6.45) is 0. The van der Waals surface area contributed by atoms with Crippen molar-refractivity contribution in [3.8, 4) is 43.5 Å². The van der Waals surface area contributed by atoms with Crippen molar-refractivity contribution in [1.82, 2.24) is 0 Å². The molecule has 0 N–H and O–H groups in total. The van der Waals surface area contributed by atoms with Gasteiger partial charge in [0, 0.05) is 46.5 Å². The van der Waals surface area contributed by atoms with E-state index in [4.69, 9.17) is 28.0 Å². The van der Waals surface area contributed by atoms with Gasteiger partial charge in [0.2, 0.25) is 21.1 Å². The predicted molar refractivity (Wildman–Crippen MR) is 154 cm³/mol. The molecule has 0 aliphatic rings. The van der Waals surface area contributed by atoms with Gasteiger partial charge in [0.25, 0.3) is 0 Å².